The zero-order valence-corrected chi connectivity index (χ0v) is 7.03. The van der Waals surface area contributed by atoms with Crippen LogP contribution in [0.4, 0.5) is 0 Å². The van der Waals surface area contributed by atoms with Crippen molar-refractivity contribution < 1.29 is 14.6 Å². The SMILES string of the molecule is N[C@H](CCC1CCOC1)C(=O)O. The Balaban J connectivity index is 2.11. The summed E-state index contributed by atoms with van der Waals surface area (Å²) in [5.41, 5.74) is 5.35. The highest BCUT2D eigenvalue weighted by Crippen LogP contribution is 2.18. The molecule has 4 nitrogen and oxygen atoms in total. The smallest absolute Gasteiger partial charge is 0.320 e. The molecule has 70 valence electrons. The summed E-state index contributed by atoms with van der Waals surface area (Å²) in [6, 6.07) is -0.703. The molecule has 2 atom stereocenters. The molecule has 0 aromatic heterocycles. The molecule has 1 unspecified atom stereocenters. The molecule has 12 heavy (non-hydrogen) atoms. The predicted octanol–water partition coefficient (Wildman–Crippen LogP) is 0.215. The van der Waals surface area contributed by atoms with Crippen molar-refractivity contribution in [1.29, 1.82) is 0 Å². The van der Waals surface area contributed by atoms with E-state index in [-0.39, 0.29) is 0 Å². The van der Waals surface area contributed by atoms with Gasteiger partial charge in [-0.05, 0) is 25.2 Å². The van der Waals surface area contributed by atoms with Crippen molar-refractivity contribution in [1.82, 2.24) is 0 Å². The fourth-order valence-corrected chi connectivity index (χ4v) is 1.35. The summed E-state index contributed by atoms with van der Waals surface area (Å²) in [5, 5.41) is 8.50. The minimum Gasteiger partial charge on any atom is -0.480 e. The predicted molar refractivity (Wildman–Crippen MR) is 43.8 cm³/mol. The van der Waals surface area contributed by atoms with Gasteiger partial charge < -0.3 is 15.6 Å². The Morgan fingerprint density at radius 1 is 1.75 bits per heavy atom. The van der Waals surface area contributed by atoms with Gasteiger partial charge in [-0.2, -0.15) is 0 Å². The van der Waals surface area contributed by atoms with Gasteiger partial charge in [0.05, 0.1) is 0 Å². The Morgan fingerprint density at radius 3 is 3.00 bits per heavy atom. The Kier molecular flexibility index (Phi) is 3.49. The molecule has 0 bridgehead atoms. The summed E-state index contributed by atoms with van der Waals surface area (Å²) >= 11 is 0. The second-order valence-electron chi connectivity index (χ2n) is 3.25. The van der Waals surface area contributed by atoms with Gasteiger partial charge in [-0.25, -0.2) is 0 Å². The average Bonchev–Trinajstić information content (AvgIpc) is 2.51. The molecule has 1 rings (SSSR count). The molecule has 0 aliphatic carbocycles. The summed E-state index contributed by atoms with van der Waals surface area (Å²) < 4.78 is 5.16. The van der Waals surface area contributed by atoms with Crippen LogP contribution >= 0.6 is 0 Å². The van der Waals surface area contributed by atoms with Crippen LogP contribution in [0.25, 0.3) is 0 Å². The number of hydrogen-bond donors (Lipinski definition) is 2. The number of carbonyl (C=O) groups is 1. The maximum absolute atomic E-state index is 10.3. The Hall–Kier alpha value is -0.610. The molecule has 4 heteroatoms. The minimum absolute atomic E-state index is 0.524. The van der Waals surface area contributed by atoms with E-state index in [9.17, 15) is 4.79 Å². The van der Waals surface area contributed by atoms with E-state index in [0.29, 0.717) is 12.3 Å². The maximum atomic E-state index is 10.3. The Morgan fingerprint density at radius 2 is 2.50 bits per heavy atom. The second kappa shape index (κ2) is 4.42. The van der Waals surface area contributed by atoms with Gasteiger partial charge in [0.15, 0.2) is 0 Å². The van der Waals surface area contributed by atoms with Crippen LogP contribution in [-0.2, 0) is 9.53 Å². The van der Waals surface area contributed by atoms with Crippen molar-refractivity contribution in [3.63, 3.8) is 0 Å². The lowest BCUT2D eigenvalue weighted by Crippen LogP contribution is -2.30. The van der Waals surface area contributed by atoms with Gasteiger partial charge in [-0.15, -0.1) is 0 Å². The van der Waals surface area contributed by atoms with Crippen molar-refractivity contribution in [2.75, 3.05) is 13.2 Å². The number of hydrogen-bond acceptors (Lipinski definition) is 3. The largest absolute Gasteiger partial charge is 0.480 e. The van der Waals surface area contributed by atoms with Crippen molar-refractivity contribution >= 4 is 5.97 Å². The zero-order valence-electron chi connectivity index (χ0n) is 7.03. The molecule has 1 fully saturated rings. The third-order valence-electron chi connectivity index (χ3n) is 2.23. The van der Waals surface area contributed by atoms with Crippen LogP contribution in [0, 0.1) is 5.92 Å². The first-order chi connectivity index (χ1) is 5.70. The maximum Gasteiger partial charge on any atom is 0.320 e. The van der Waals surface area contributed by atoms with Crippen LogP contribution < -0.4 is 5.73 Å². The van der Waals surface area contributed by atoms with Gasteiger partial charge in [0.1, 0.15) is 6.04 Å². The molecule has 3 N–H and O–H groups in total. The molecule has 0 saturated carbocycles. The molecular formula is C8H15NO3. The highest BCUT2D eigenvalue weighted by Gasteiger charge is 2.18. The fourth-order valence-electron chi connectivity index (χ4n) is 1.35. The van der Waals surface area contributed by atoms with E-state index in [2.05, 4.69) is 0 Å². The van der Waals surface area contributed by atoms with Crippen molar-refractivity contribution in [2.45, 2.75) is 25.3 Å². The standard InChI is InChI=1S/C8H15NO3/c9-7(8(10)11)2-1-6-3-4-12-5-6/h6-7H,1-5,9H2,(H,10,11)/t6?,7-/m1/s1. The lowest BCUT2D eigenvalue weighted by Gasteiger charge is -2.09. The summed E-state index contributed by atoms with van der Waals surface area (Å²) in [4.78, 5) is 10.3. The molecule has 0 aromatic rings. The van der Waals surface area contributed by atoms with Gasteiger partial charge in [0, 0.05) is 13.2 Å². The topological polar surface area (TPSA) is 72.5 Å². The molecule has 1 aliphatic heterocycles. The minimum atomic E-state index is -0.908. The van der Waals surface area contributed by atoms with Crippen LogP contribution in [0.1, 0.15) is 19.3 Å². The van der Waals surface area contributed by atoms with Crippen LogP contribution in [-0.4, -0.2) is 30.3 Å². The number of rotatable bonds is 4. The quantitative estimate of drug-likeness (QED) is 0.637. The van der Waals surface area contributed by atoms with Gasteiger partial charge >= 0.3 is 5.97 Å². The van der Waals surface area contributed by atoms with Crippen LogP contribution in [0.5, 0.6) is 0 Å². The summed E-state index contributed by atoms with van der Waals surface area (Å²) in [7, 11) is 0. The van der Waals surface area contributed by atoms with Gasteiger partial charge in [-0.3, -0.25) is 4.79 Å². The first-order valence-corrected chi connectivity index (χ1v) is 4.26. The lowest BCUT2D eigenvalue weighted by atomic mass is 10.00. The second-order valence-corrected chi connectivity index (χ2v) is 3.25. The number of aliphatic carboxylic acids is 1. The van der Waals surface area contributed by atoms with E-state index in [1.807, 2.05) is 0 Å². The fraction of sp³-hybridized carbons (Fsp3) is 0.875. The van der Waals surface area contributed by atoms with E-state index in [0.717, 1.165) is 26.1 Å². The number of ether oxygens (including phenoxy) is 1. The molecule has 0 radical (unpaired) electrons. The summed E-state index contributed by atoms with van der Waals surface area (Å²) in [5.74, 6) is -0.385. The van der Waals surface area contributed by atoms with Crippen LogP contribution in [0.15, 0.2) is 0 Å². The van der Waals surface area contributed by atoms with Crippen molar-refractivity contribution in [3.8, 4) is 0 Å². The van der Waals surface area contributed by atoms with Crippen LogP contribution in [0.2, 0.25) is 0 Å². The molecule has 0 spiro atoms. The van der Waals surface area contributed by atoms with E-state index in [1.54, 1.807) is 0 Å². The average molecular weight is 173 g/mol. The first-order valence-electron chi connectivity index (χ1n) is 4.26. The van der Waals surface area contributed by atoms with E-state index >= 15 is 0 Å². The summed E-state index contributed by atoms with van der Waals surface area (Å²) in [6.07, 6.45) is 2.48. The third kappa shape index (κ3) is 2.79. The Labute approximate surface area is 71.7 Å². The molecule has 1 aliphatic rings. The molecular weight excluding hydrogens is 158 g/mol. The Bertz CT molecular complexity index is 154. The molecule has 0 amide bonds. The van der Waals surface area contributed by atoms with E-state index in [4.69, 9.17) is 15.6 Å². The first kappa shape index (κ1) is 9.48. The molecule has 0 aromatic carbocycles. The van der Waals surface area contributed by atoms with E-state index < -0.39 is 12.0 Å². The van der Waals surface area contributed by atoms with Gasteiger partial charge in [0.25, 0.3) is 0 Å². The molecule has 1 saturated heterocycles. The third-order valence-corrected chi connectivity index (χ3v) is 2.23. The van der Waals surface area contributed by atoms with Gasteiger partial charge in [0.2, 0.25) is 0 Å². The highest BCUT2D eigenvalue weighted by atomic mass is 16.5. The highest BCUT2D eigenvalue weighted by molar-refractivity contribution is 5.72. The van der Waals surface area contributed by atoms with E-state index in [1.165, 1.54) is 0 Å². The normalized spacial score (nSPS) is 25.6. The number of carboxylic acid groups (broad SMARTS) is 1. The molecule has 1 heterocycles. The monoisotopic (exact) mass is 173 g/mol. The van der Waals surface area contributed by atoms with Crippen molar-refractivity contribution in [2.24, 2.45) is 11.7 Å². The lowest BCUT2D eigenvalue weighted by molar-refractivity contribution is -0.138. The number of carboxylic acids is 1. The zero-order chi connectivity index (χ0) is 8.97. The van der Waals surface area contributed by atoms with Crippen LogP contribution in [0.3, 0.4) is 0 Å². The summed E-state index contributed by atoms with van der Waals surface area (Å²) in [6.45, 7) is 1.58. The van der Waals surface area contributed by atoms with Crippen molar-refractivity contribution in [3.05, 3.63) is 0 Å². The number of nitrogens with two attached hydrogens (primary N) is 1. The van der Waals surface area contributed by atoms with Gasteiger partial charge in [-0.1, -0.05) is 0 Å².